The highest BCUT2D eigenvalue weighted by Crippen LogP contribution is 2.20. The molecule has 1 unspecified atom stereocenters. The lowest BCUT2D eigenvalue weighted by Gasteiger charge is -1.93. The summed E-state index contributed by atoms with van der Waals surface area (Å²) < 4.78 is 10.3. The molecule has 7 heteroatoms. The number of nitrogens with two attached hydrogens (primary N) is 1. The van der Waals surface area contributed by atoms with Gasteiger partial charge in [-0.25, -0.2) is 0 Å². The van der Waals surface area contributed by atoms with Crippen LogP contribution in [0.1, 0.15) is 30.4 Å². The fraction of sp³-hybridized carbons (Fsp3) is 0.250. The second-order valence-corrected chi connectivity index (χ2v) is 4.14. The highest BCUT2D eigenvalue weighted by Gasteiger charge is 2.14. The van der Waals surface area contributed by atoms with Crippen LogP contribution in [0.3, 0.4) is 0 Å². The van der Waals surface area contributed by atoms with E-state index in [4.69, 9.17) is 14.8 Å². The van der Waals surface area contributed by atoms with E-state index in [0.29, 0.717) is 18.1 Å². The Hall–Kier alpha value is -1.92. The third-order valence-corrected chi connectivity index (χ3v) is 2.66. The molecule has 0 fully saturated rings. The van der Waals surface area contributed by atoms with Gasteiger partial charge in [0.05, 0.1) is 12.5 Å². The topological polar surface area (TPSA) is 91.0 Å². The highest BCUT2D eigenvalue weighted by molar-refractivity contribution is 5.85. The van der Waals surface area contributed by atoms with Crippen molar-refractivity contribution < 1.29 is 9.05 Å². The molecule has 3 rings (SSSR count). The number of hydrogen-bond donors (Lipinski definition) is 1. The molecule has 0 aliphatic rings. The van der Waals surface area contributed by atoms with Gasteiger partial charge in [0, 0.05) is 5.39 Å². The third-order valence-electron chi connectivity index (χ3n) is 2.66. The zero-order chi connectivity index (χ0) is 12.5. The van der Waals surface area contributed by atoms with Gasteiger partial charge in [0.25, 0.3) is 0 Å². The average Bonchev–Trinajstić information content (AvgIpc) is 2.98. The number of halogens is 1. The smallest absolute Gasteiger partial charge is 0.232 e. The second-order valence-electron chi connectivity index (χ2n) is 4.14. The van der Waals surface area contributed by atoms with E-state index in [2.05, 4.69) is 15.3 Å². The second kappa shape index (κ2) is 5.38. The van der Waals surface area contributed by atoms with Crippen LogP contribution in [-0.4, -0.2) is 15.3 Å². The lowest BCUT2D eigenvalue weighted by molar-refractivity contribution is 0.372. The maximum atomic E-state index is 5.67. The van der Waals surface area contributed by atoms with E-state index in [9.17, 15) is 0 Å². The van der Waals surface area contributed by atoms with Crippen molar-refractivity contribution in [1.82, 2.24) is 15.3 Å². The molecule has 1 aromatic carbocycles. The Kier molecular flexibility index (Phi) is 3.82. The predicted molar refractivity (Wildman–Crippen MR) is 71.0 cm³/mol. The van der Waals surface area contributed by atoms with Crippen molar-refractivity contribution in [3.63, 3.8) is 0 Å². The molecular formula is C12H13ClN4O2. The zero-order valence-corrected chi connectivity index (χ0v) is 11.1. The maximum Gasteiger partial charge on any atom is 0.232 e. The van der Waals surface area contributed by atoms with Gasteiger partial charge in [0.1, 0.15) is 5.69 Å². The molecule has 2 N–H and O–H groups in total. The van der Waals surface area contributed by atoms with Gasteiger partial charge in [-0.2, -0.15) is 4.98 Å². The molecule has 100 valence electrons. The van der Waals surface area contributed by atoms with Gasteiger partial charge in [-0.3, -0.25) is 0 Å². The van der Waals surface area contributed by atoms with Crippen LogP contribution in [-0.2, 0) is 6.42 Å². The Morgan fingerprint density at radius 1 is 1.21 bits per heavy atom. The first kappa shape index (κ1) is 13.5. The number of para-hydroxylation sites is 1. The number of hydrogen-bond acceptors (Lipinski definition) is 6. The van der Waals surface area contributed by atoms with E-state index in [-0.39, 0.29) is 18.4 Å². The van der Waals surface area contributed by atoms with Crippen LogP contribution >= 0.6 is 12.4 Å². The largest absolute Gasteiger partial charge is 0.356 e. The molecule has 0 bridgehead atoms. The average molecular weight is 281 g/mol. The Balaban J connectivity index is 0.00000133. The van der Waals surface area contributed by atoms with Crippen LogP contribution in [0, 0.1) is 0 Å². The quantitative estimate of drug-likeness (QED) is 0.791. The Labute approximate surface area is 115 Å². The molecule has 1 atom stereocenters. The first-order valence-electron chi connectivity index (χ1n) is 5.65. The molecule has 19 heavy (non-hydrogen) atoms. The summed E-state index contributed by atoms with van der Waals surface area (Å²) in [4.78, 5) is 4.21. The number of fused-ring (bicyclic) bond motifs is 1. The summed E-state index contributed by atoms with van der Waals surface area (Å²) in [6.07, 6.45) is 0.441. The van der Waals surface area contributed by atoms with Crippen LogP contribution in [0.15, 0.2) is 33.3 Å². The minimum Gasteiger partial charge on any atom is -0.356 e. The summed E-state index contributed by atoms with van der Waals surface area (Å²) in [7, 11) is 0. The molecule has 0 radical (unpaired) electrons. The first-order chi connectivity index (χ1) is 8.74. The van der Waals surface area contributed by atoms with Crippen molar-refractivity contribution in [1.29, 1.82) is 0 Å². The Morgan fingerprint density at radius 3 is 2.74 bits per heavy atom. The third kappa shape index (κ3) is 2.59. The van der Waals surface area contributed by atoms with Gasteiger partial charge in [-0.05, 0) is 19.1 Å². The molecule has 2 heterocycles. The summed E-state index contributed by atoms with van der Waals surface area (Å²) in [6, 6.07) is 7.41. The predicted octanol–water partition coefficient (Wildman–Crippen LogP) is 2.24. The van der Waals surface area contributed by atoms with E-state index in [0.717, 1.165) is 16.7 Å². The van der Waals surface area contributed by atoms with Gasteiger partial charge in [0.15, 0.2) is 11.4 Å². The van der Waals surface area contributed by atoms with Gasteiger partial charge in [-0.15, -0.1) is 12.4 Å². The number of rotatable bonds is 3. The molecule has 0 saturated heterocycles. The molecular weight excluding hydrogens is 268 g/mol. The van der Waals surface area contributed by atoms with E-state index < -0.39 is 0 Å². The fourth-order valence-electron chi connectivity index (χ4n) is 1.73. The fourth-order valence-corrected chi connectivity index (χ4v) is 1.73. The first-order valence-corrected chi connectivity index (χ1v) is 5.65. The molecule has 0 saturated carbocycles. The van der Waals surface area contributed by atoms with E-state index in [1.807, 2.05) is 24.3 Å². The van der Waals surface area contributed by atoms with Crippen molar-refractivity contribution in [2.45, 2.75) is 19.4 Å². The Bertz CT molecular complexity index is 677. The summed E-state index contributed by atoms with van der Waals surface area (Å²) in [5.74, 6) is 0.985. The van der Waals surface area contributed by atoms with Crippen LogP contribution < -0.4 is 5.73 Å². The highest BCUT2D eigenvalue weighted by atomic mass is 35.5. The molecule has 0 aliphatic heterocycles. The van der Waals surface area contributed by atoms with Crippen LogP contribution in [0.5, 0.6) is 0 Å². The zero-order valence-electron chi connectivity index (χ0n) is 10.2. The summed E-state index contributed by atoms with van der Waals surface area (Å²) in [5.41, 5.74) is 7.20. The van der Waals surface area contributed by atoms with E-state index in [1.165, 1.54) is 0 Å². The molecule has 6 nitrogen and oxygen atoms in total. The van der Waals surface area contributed by atoms with Crippen molar-refractivity contribution in [3.05, 3.63) is 41.7 Å². The molecule has 2 aromatic heterocycles. The molecule has 0 spiro atoms. The number of nitrogens with zero attached hydrogens (tertiary/aromatic N) is 3. The molecule has 0 aliphatic carbocycles. The van der Waals surface area contributed by atoms with Crippen molar-refractivity contribution in [3.8, 4) is 0 Å². The van der Waals surface area contributed by atoms with Crippen LogP contribution in [0.25, 0.3) is 11.0 Å². The number of benzene rings is 1. The van der Waals surface area contributed by atoms with Crippen molar-refractivity contribution >= 4 is 23.4 Å². The normalized spacial score (nSPS) is 12.3. The molecule has 0 amide bonds. The lowest BCUT2D eigenvalue weighted by Crippen LogP contribution is -2.06. The van der Waals surface area contributed by atoms with Gasteiger partial charge < -0.3 is 14.8 Å². The van der Waals surface area contributed by atoms with Gasteiger partial charge in [-0.1, -0.05) is 22.4 Å². The monoisotopic (exact) mass is 280 g/mol. The van der Waals surface area contributed by atoms with E-state index >= 15 is 0 Å². The molecule has 3 aromatic rings. The van der Waals surface area contributed by atoms with Crippen LogP contribution in [0.2, 0.25) is 0 Å². The summed E-state index contributed by atoms with van der Waals surface area (Å²) >= 11 is 0. The minimum atomic E-state index is -0.239. The maximum absolute atomic E-state index is 5.67. The van der Waals surface area contributed by atoms with Crippen molar-refractivity contribution in [2.75, 3.05) is 0 Å². The van der Waals surface area contributed by atoms with Gasteiger partial charge in [0.2, 0.25) is 5.89 Å². The summed E-state index contributed by atoms with van der Waals surface area (Å²) in [5, 5.41) is 8.77. The lowest BCUT2D eigenvalue weighted by atomic mass is 10.2. The minimum absolute atomic E-state index is 0. The Morgan fingerprint density at radius 2 is 2.00 bits per heavy atom. The van der Waals surface area contributed by atoms with Gasteiger partial charge >= 0.3 is 0 Å². The SMILES string of the molecule is CC(N)c1noc(Cc2noc3ccccc23)n1.Cl. The summed E-state index contributed by atoms with van der Waals surface area (Å²) in [6.45, 7) is 1.81. The van der Waals surface area contributed by atoms with Crippen LogP contribution in [0.4, 0.5) is 0 Å². The number of aromatic nitrogens is 3. The van der Waals surface area contributed by atoms with E-state index in [1.54, 1.807) is 6.92 Å². The standard InChI is InChI=1S/C12H12N4O2.ClH/c1-7(13)12-14-11(18-16-12)6-9-8-4-2-3-5-10(8)17-15-9;/h2-5,7H,6,13H2,1H3;1H. The van der Waals surface area contributed by atoms with Crippen molar-refractivity contribution in [2.24, 2.45) is 5.73 Å².